The standard InChI is InChI=1S/C12H11FN2O2S/c1-8-2-4-10(18-8)7-14-12-5-3-9(15(16)17)6-11(12)13/h2-6,14H,7H2,1H3. The summed E-state index contributed by atoms with van der Waals surface area (Å²) in [6.07, 6.45) is 0. The number of non-ortho nitro benzene ring substituents is 1. The number of halogens is 1. The molecule has 2 aromatic rings. The Kier molecular flexibility index (Phi) is 3.57. The van der Waals surface area contributed by atoms with E-state index in [2.05, 4.69) is 5.32 Å². The molecule has 0 bridgehead atoms. The molecule has 4 nitrogen and oxygen atoms in total. The molecule has 0 atom stereocenters. The number of hydrogen-bond acceptors (Lipinski definition) is 4. The maximum Gasteiger partial charge on any atom is 0.272 e. The molecule has 1 N–H and O–H groups in total. The molecular weight excluding hydrogens is 255 g/mol. The molecule has 0 aliphatic carbocycles. The third kappa shape index (κ3) is 2.84. The van der Waals surface area contributed by atoms with E-state index < -0.39 is 10.7 Å². The molecule has 0 saturated carbocycles. The zero-order chi connectivity index (χ0) is 13.1. The van der Waals surface area contributed by atoms with Gasteiger partial charge in [-0.1, -0.05) is 0 Å². The normalized spacial score (nSPS) is 10.3. The maximum absolute atomic E-state index is 13.6. The zero-order valence-corrected chi connectivity index (χ0v) is 10.5. The van der Waals surface area contributed by atoms with Crippen LogP contribution in [-0.2, 0) is 6.54 Å². The van der Waals surface area contributed by atoms with Crippen LogP contribution in [0.4, 0.5) is 15.8 Å². The molecule has 2 rings (SSSR count). The number of nitrogens with zero attached hydrogens (tertiary/aromatic N) is 1. The van der Waals surface area contributed by atoms with E-state index >= 15 is 0 Å². The highest BCUT2D eigenvalue weighted by Gasteiger charge is 2.10. The number of thiophene rings is 1. The lowest BCUT2D eigenvalue weighted by Crippen LogP contribution is -2.00. The third-order valence-corrected chi connectivity index (χ3v) is 3.41. The first kappa shape index (κ1) is 12.5. The topological polar surface area (TPSA) is 55.2 Å². The van der Waals surface area contributed by atoms with Crippen molar-refractivity contribution in [3.05, 3.63) is 56.0 Å². The van der Waals surface area contributed by atoms with E-state index in [0.717, 1.165) is 10.9 Å². The van der Waals surface area contributed by atoms with Crippen LogP contribution >= 0.6 is 11.3 Å². The summed E-state index contributed by atoms with van der Waals surface area (Å²) >= 11 is 1.63. The van der Waals surface area contributed by atoms with Crippen molar-refractivity contribution in [3.8, 4) is 0 Å². The molecule has 94 valence electrons. The van der Waals surface area contributed by atoms with Gasteiger partial charge < -0.3 is 5.32 Å². The van der Waals surface area contributed by atoms with Gasteiger partial charge in [-0.25, -0.2) is 4.39 Å². The molecule has 0 amide bonds. The number of rotatable bonds is 4. The van der Waals surface area contributed by atoms with Crippen molar-refractivity contribution >= 4 is 22.7 Å². The number of nitro benzene ring substituents is 1. The van der Waals surface area contributed by atoms with Crippen LogP contribution in [-0.4, -0.2) is 4.92 Å². The molecule has 0 unspecified atom stereocenters. The van der Waals surface area contributed by atoms with E-state index in [1.54, 1.807) is 11.3 Å². The lowest BCUT2D eigenvalue weighted by atomic mass is 10.2. The van der Waals surface area contributed by atoms with Crippen LogP contribution in [0.5, 0.6) is 0 Å². The van der Waals surface area contributed by atoms with Gasteiger partial charge in [-0.2, -0.15) is 0 Å². The first-order valence-corrected chi connectivity index (χ1v) is 6.11. The molecular formula is C12H11FN2O2S. The first-order chi connectivity index (χ1) is 8.56. The van der Waals surface area contributed by atoms with E-state index in [-0.39, 0.29) is 11.4 Å². The SMILES string of the molecule is Cc1ccc(CNc2ccc([N+](=O)[O-])cc2F)s1. The van der Waals surface area contributed by atoms with Gasteiger partial charge in [-0.05, 0) is 25.1 Å². The van der Waals surface area contributed by atoms with Crippen LogP contribution in [0.3, 0.4) is 0 Å². The fourth-order valence-electron chi connectivity index (χ4n) is 1.52. The summed E-state index contributed by atoms with van der Waals surface area (Å²) in [4.78, 5) is 12.1. The van der Waals surface area contributed by atoms with Gasteiger partial charge >= 0.3 is 0 Å². The minimum Gasteiger partial charge on any atom is -0.378 e. The van der Waals surface area contributed by atoms with Gasteiger partial charge in [0, 0.05) is 22.4 Å². The molecule has 0 aliphatic rings. The fourth-order valence-corrected chi connectivity index (χ4v) is 2.35. The predicted molar refractivity (Wildman–Crippen MR) is 69.4 cm³/mol. The largest absolute Gasteiger partial charge is 0.378 e. The molecule has 0 fully saturated rings. The highest BCUT2D eigenvalue weighted by atomic mass is 32.1. The molecule has 1 heterocycles. The smallest absolute Gasteiger partial charge is 0.272 e. The van der Waals surface area contributed by atoms with Crippen molar-refractivity contribution in [1.82, 2.24) is 0 Å². The number of nitrogens with one attached hydrogen (secondary N) is 1. The van der Waals surface area contributed by atoms with Gasteiger partial charge in [0.05, 0.1) is 16.7 Å². The highest BCUT2D eigenvalue weighted by molar-refractivity contribution is 7.11. The Morgan fingerprint density at radius 2 is 2.17 bits per heavy atom. The van der Waals surface area contributed by atoms with E-state index in [4.69, 9.17) is 0 Å². The van der Waals surface area contributed by atoms with Gasteiger partial charge in [-0.15, -0.1) is 11.3 Å². The lowest BCUT2D eigenvalue weighted by molar-refractivity contribution is -0.385. The fraction of sp³-hybridized carbons (Fsp3) is 0.167. The first-order valence-electron chi connectivity index (χ1n) is 5.29. The molecule has 6 heteroatoms. The van der Waals surface area contributed by atoms with Crippen molar-refractivity contribution in [2.24, 2.45) is 0 Å². The number of nitro groups is 1. The Bertz CT molecular complexity index is 583. The van der Waals surface area contributed by atoms with E-state index in [1.807, 2.05) is 19.1 Å². The minimum atomic E-state index is -0.616. The van der Waals surface area contributed by atoms with Crippen LogP contribution in [0.15, 0.2) is 30.3 Å². The summed E-state index contributed by atoms with van der Waals surface area (Å²) in [6.45, 7) is 2.51. The molecule has 18 heavy (non-hydrogen) atoms. The van der Waals surface area contributed by atoms with Gasteiger partial charge in [0.1, 0.15) is 0 Å². The van der Waals surface area contributed by atoms with Gasteiger partial charge in [0.25, 0.3) is 5.69 Å². The summed E-state index contributed by atoms with van der Waals surface area (Å²) < 4.78 is 13.6. The molecule has 0 aliphatic heterocycles. The monoisotopic (exact) mass is 266 g/mol. The van der Waals surface area contributed by atoms with Crippen LogP contribution in [0.2, 0.25) is 0 Å². The highest BCUT2D eigenvalue weighted by Crippen LogP contribution is 2.22. The summed E-state index contributed by atoms with van der Waals surface area (Å²) in [5.74, 6) is -0.613. The van der Waals surface area contributed by atoms with Crippen LogP contribution in [0, 0.1) is 22.9 Å². The predicted octanol–water partition coefficient (Wildman–Crippen LogP) is 3.72. The molecule has 1 aromatic carbocycles. The second-order valence-corrected chi connectivity index (χ2v) is 5.16. The third-order valence-electron chi connectivity index (χ3n) is 2.41. The van der Waals surface area contributed by atoms with Crippen molar-refractivity contribution in [3.63, 3.8) is 0 Å². The van der Waals surface area contributed by atoms with Crippen molar-refractivity contribution in [1.29, 1.82) is 0 Å². The van der Waals surface area contributed by atoms with Gasteiger partial charge in [-0.3, -0.25) is 10.1 Å². The van der Waals surface area contributed by atoms with Gasteiger partial charge in [0.15, 0.2) is 5.82 Å². The quantitative estimate of drug-likeness (QED) is 0.678. The Hall–Kier alpha value is -1.95. The van der Waals surface area contributed by atoms with Crippen LogP contribution < -0.4 is 5.32 Å². The Morgan fingerprint density at radius 1 is 1.39 bits per heavy atom. The van der Waals surface area contributed by atoms with Crippen molar-refractivity contribution < 1.29 is 9.31 Å². The average Bonchev–Trinajstić information content (AvgIpc) is 2.73. The summed E-state index contributed by atoms with van der Waals surface area (Å²) in [6, 6.07) is 7.55. The maximum atomic E-state index is 13.6. The van der Waals surface area contributed by atoms with E-state index in [9.17, 15) is 14.5 Å². The summed E-state index contributed by atoms with van der Waals surface area (Å²) in [5, 5.41) is 13.4. The lowest BCUT2D eigenvalue weighted by Gasteiger charge is -2.05. The second kappa shape index (κ2) is 5.14. The Labute approximate surface area is 107 Å². The van der Waals surface area contributed by atoms with Crippen molar-refractivity contribution in [2.45, 2.75) is 13.5 Å². The number of anilines is 1. The molecule has 0 spiro atoms. The van der Waals surface area contributed by atoms with Crippen LogP contribution in [0.25, 0.3) is 0 Å². The van der Waals surface area contributed by atoms with E-state index in [1.165, 1.54) is 17.0 Å². The van der Waals surface area contributed by atoms with Crippen LogP contribution in [0.1, 0.15) is 9.75 Å². The Morgan fingerprint density at radius 3 is 2.72 bits per heavy atom. The van der Waals surface area contributed by atoms with Crippen molar-refractivity contribution in [2.75, 3.05) is 5.32 Å². The van der Waals surface area contributed by atoms with E-state index in [0.29, 0.717) is 6.54 Å². The summed E-state index contributed by atoms with van der Waals surface area (Å²) in [5.41, 5.74) is 0.0247. The molecule has 0 saturated heterocycles. The van der Waals surface area contributed by atoms with Gasteiger partial charge in [0.2, 0.25) is 0 Å². The molecule has 1 aromatic heterocycles. The number of hydrogen-bond donors (Lipinski definition) is 1. The number of aryl methyl sites for hydroxylation is 1. The average molecular weight is 266 g/mol. The second-order valence-electron chi connectivity index (χ2n) is 3.79. The zero-order valence-electron chi connectivity index (χ0n) is 9.64. The minimum absolute atomic E-state index is 0.245. The molecule has 0 radical (unpaired) electrons. The Balaban J connectivity index is 2.08. The number of benzene rings is 1. The summed E-state index contributed by atoms with van der Waals surface area (Å²) in [7, 11) is 0.